The Hall–Kier alpha value is -1.29. The fourth-order valence-electron chi connectivity index (χ4n) is 0.474. The SMILES string of the molecule is BC(C#C)/C(F)=C(\F)C(F)C#C. The van der Waals surface area contributed by atoms with Crippen LogP contribution in [0.4, 0.5) is 13.2 Å². The molecule has 2 atom stereocenters. The highest BCUT2D eigenvalue weighted by atomic mass is 19.2. The summed E-state index contributed by atoms with van der Waals surface area (Å²) in [6.45, 7) is 0. The van der Waals surface area contributed by atoms with E-state index in [1.807, 2.05) is 5.92 Å². The van der Waals surface area contributed by atoms with E-state index in [0.29, 0.717) is 0 Å². The lowest BCUT2D eigenvalue weighted by atomic mass is 9.86. The van der Waals surface area contributed by atoms with Crippen molar-refractivity contribution in [1.82, 2.24) is 0 Å². The van der Waals surface area contributed by atoms with Crippen LogP contribution in [0.5, 0.6) is 0 Å². The molecule has 0 aromatic heterocycles. The first-order valence-corrected chi connectivity index (χ1v) is 3.16. The Morgan fingerprint density at radius 3 is 2.00 bits per heavy atom. The number of halogens is 3. The highest BCUT2D eigenvalue weighted by Gasteiger charge is 2.18. The van der Waals surface area contributed by atoms with Gasteiger partial charge in [0.2, 0.25) is 6.17 Å². The molecule has 0 radical (unpaired) electrons. The van der Waals surface area contributed by atoms with E-state index in [1.54, 1.807) is 0 Å². The molecule has 0 aromatic rings. The Bertz CT molecular complexity index is 241. The summed E-state index contributed by atoms with van der Waals surface area (Å²) in [4.78, 5) is 0. The summed E-state index contributed by atoms with van der Waals surface area (Å²) in [5.74, 6) is -0.679. The van der Waals surface area contributed by atoms with Gasteiger partial charge in [-0.2, -0.15) is 0 Å². The highest BCUT2D eigenvalue weighted by molar-refractivity contribution is 6.15. The van der Waals surface area contributed by atoms with E-state index >= 15 is 0 Å². The molecule has 0 rings (SSSR count). The average molecular weight is 170 g/mol. The largest absolute Gasteiger partial charge is 0.225 e. The summed E-state index contributed by atoms with van der Waals surface area (Å²) >= 11 is 0. The van der Waals surface area contributed by atoms with Crippen molar-refractivity contribution < 1.29 is 13.2 Å². The summed E-state index contributed by atoms with van der Waals surface area (Å²) in [5.41, 5.74) is 0. The Balaban J connectivity index is 4.73. The van der Waals surface area contributed by atoms with Crippen LogP contribution in [0.15, 0.2) is 11.7 Å². The minimum absolute atomic E-state index is 1.09. The molecule has 62 valence electrons. The first kappa shape index (κ1) is 10.7. The second kappa shape index (κ2) is 4.56. The van der Waals surface area contributed by atoms with Crippen LogP contribution >= 0.6 is 0 Å². The molecule has 0 saturated heterocycles. The van der Waals surface area contributed by atoms with Gasteiger partial charge >= 0.3 is 0 Å². The number of alkyl halides is 1. The number of hydrogen-bond acceptors (Lipinski definition) is 0. The normalized spacial score (nSPS) is 16.8. The predicted molar refractivity (Wildman–Crippen MR) is 44.1 cm³/mol. The zero-order valence-corrected chi connectivity index (χ0v) is 6.44. The topological polar surface area (TPSA) is 0 Å². The molecule has 0 aromatic carbocycles. The minimum atomic E-state index is -2.35. The second-order valence-electron chi connectivity index (χ2n) is 2.11. The molecule has 0 spiro atoms. The van der Waals surface area contributed by atoms with Gasteiger partial charge in [0.15, 0.2) is 5.83 Å². The molecule has 0 fully saturated rings. The van der Waals surface area contributed by atoms with Gasteiger partial charge < -0.3 is 0 Å². The van der Waals surface area contributed by atoms with Gasteiger partial charge in [0, 0.05) is 5.82 Å². The van der Waals surface area contributed by atoms with Crippen molar-refractivity contribution in [1.29, 1.82) is 0 Å². The molecule has 0 saturated carbocycles. The minimum Gasteiger partial charge on any atom is -0.225 e. The molecule has 0 nitrogen and oxygen atoms in total. The molecular formula is C8H6BF3. The van der Waals surface area contributed by atoms with E-state index in [2.05, 4.69) is 6.42 Å². The monoisotopic (exact) mass is 170 g/mol. The van der Waals surface area contributed by atoms with Crippen molar-refractivity contribution >= 4 is 7.85 Å². The maximum absolute atomic E-state index is 12.7. The Morgan fingerprint density at radius 2 is 1.67 bits per heavy atom. The lowest BCUT2D eigenvalue weighted by Gasteiger charge is -2.03. The molecule has 12 heavy (non-hydrogen) atoms. The molecule has 0 aliphatic heterocycles. The maximum Gasteiger partial charge on any atom is 0.214 e. The van der Waals surface area contributed by atoms with E-state index < -0.39 is 23.6 Å². The van der Waals surface area contributed by atoms with Crippen molar-refractivity contribution in [2.75, 3.05) is 0 Å². The molecule has 0 aliphatic rings. The van der Waals surface area contributed by atoms with Crippen molar-refractivity contribution in [2.24, 2.45) is 0 Å². The van der Waals surface area contributed by atoms with Crippen molar-refractivity contribution in [3.05, 3.63) is 11.7 Å². The van der Waals surface area contributed by atoms with Crippen LogP contribution in [-0.4, -0.2) is 14.0 Å². The first-order chi connectivity index (χ1) is 5.54. The molecule has 4 heteroatoms. The lowest BCUT2D eigenvalue weighted by molar-refractivity contribution is 0.369. The Kier molecular flexibility index (Phi) is 4.08. The third-order valence-corrected chi connectivity index (χ3v) is 1.23. The third kappa shape index (κ3) is 2.40. The molecule has 0 heterocycles. The number of allylic oxidation sites excluding steroid dienone is 2. The highest BCUT2D eigenvalue weighted by Crippen LogP contribution is 2.23. The zero-order chi connectivity index (χ0) is 9.72. The predicted octanol–water partition coefficient (Wildman–Crippen LogP) is 1.16. The van der Waals surface area contributed by atoms with Crippen LogP contribution in [-0.2, 0) is 0 Å². The van der Waals surface area contributed by atoms with E-state index in [1.165, 1.54) is 13.8 Å². The Morgan fingerprint density at radius 1 is 1.17 bits per heavy atom. The number of hydrogen-bond donors (Lipinski definition) is 0. The standard InChI is InChI=1S/C8H6BF3/c1-3-5(9)7(11)8(12)6(10)4-2/h1-2,5-6H,9H2/b8-7+. The maximum atomic E-state index is 12.7. The van der Waals surface area contributed by atoms with Gasteiger partial charge in [-0.1, -0.05) is 5.92 Å². The lowest BCUT2D eigenvalue weighted by Crippen LogP contribution is -2.01. The number of terminal acetylenes is 2. The van der Waals surface area contributed by atoms with Crippen molar-refractivity contribution in [3.8, 4) is 24.7 Å². The van der Waals surface area contributed by atoms with Crippen LogP contribution in [0.25, 0.3) is 0 Å². The second-order valence-corrected chi connectivity index (χ2v) is 2.11. The van der Waals surface area contributed by atoms with Crippen molar-refractivity contribution in [3.63, 3.8) is 0 Å². The fourth-order valence-corrected chi connectivity index (χ4v) is 0.474. The van der Waals surface area contributed by atoms with Gasteiger partial charge in [-0.05, 0) is 0 Å². The van der Waals surface area contributed by atoms with Gasteiger partial charge in [-0.25, -0.2) is 13.2 Å². The number of rotatable bonds is 2. The summed E-state index contributed by atoms with van der Waals surface area (Å²) < 4.78 is 37.5. The third-order valence-electron chi connectivity index (χ3n) is 1.23. The van der Waals surface area contributed by atoms with E-state index in [0.717, 1.165) is 0 Å². The van der Waals surface area contributed by atoms with Crippen LogP contribution in [0, 0.1) is 24.7 Å². The van der Waals surface area contributed by atoms with Crippen molar-refractivity contribution in [2.45, 2.75) is 12.0 Å². The fraction of sp³-hybridized carbons (Fsp3) is 0.250. The van der Waals surface area contributed by atoms with Gasteiger partial charge in [0.25, 0.3) is 0 Å². The van der Waals surface area contributed by atoms with Crippen LogP contribution in [0.2, 0.25) is 5.82 Å². The van der Waals surface area contributed by atoms with Crippen LogP contribution < -0.4 is 0 Å². The average Bonchev–Trinajstić information content (AvgIpc) is 2.12. The molecule has 0 amide bonds. The molecule has 0 bridgehead atoms. The molecule has 0 N–H and O–H groups in total. The summed E-state index contributed by atoms with van der Waals surface area (Å²) in [6, 6.07) is 0. The summed E-state index contributed by atoms with van der Waals surface area (Å²) in [6.07, 6.45) is 6.98. The Labute approximate surface area is 70.3 Å². The van der Waals surface area contributed by atoms with E-state index in [-0.39, 0.29) is 0 Å². The first-order valence-electron chi connectivity index (χ1n) is 3.16. The molecule has 2 unspecified atom stereocenters. The van der Waals surface area contributed by atoms with Gasteiger partial charge in [-0.15, -0.1) is 18.8 Å². The van der Waals surface area contributed by atoms with Crippen LogP contribution in [0.1, 0.15) is 0 Å². The van der Waals surface area contributed by atoms with Gasteiger partial charge in [-0.3, -0.25) is 0 Å². The molecular weight excluding hydrogens is 164 g/mol. The van der Waals surface area contributed by atoms with E-state index in [9.17, 15) is 13.2 Å². The quantitative estimate of drug-likeness (QED) is 0.430. The van der Waals surface area contributed by atoms with E-state index in [4.69, 9.17) is 6.42 Å². The zero-order valence-electron chi connectivity index (χ0n) is 6.44. The summed E-state index contributed by atoms with van der Waals surface area (Å²) in [7, 11) is 1.23. The smallest absolute Gasteiger partial charge is 0.214 e. The van der Waals surface area contributed by atoms with Gasteiger partial charge in [0.1, 0.15) is 13.7 Å². The summed E-state index contributed by atoms with van der Waals surface area (Å²) in [5, 5.41) is 0. The van der Waals surface area contributed by atoms with Crippen LogP contribution in [0.3, 0.4) is 0 Å². The molecule has 0 aliphatic carbocycles. The van der Waals surface area contributed by atoms with Gasteiger partial charge in [0.05, 0.1) is 0 Å².